The molecule has 0 fully saturated rings. The Morgan fingerprint density at radius 2 is 1.61 bits per heavy atom. The summed E-state index contributed by atoms with van der Waals surface area (Å²) in [4.78, 5) is 59.4. The predicted octanol–water partition coefficient (Wildman–Crippen LogP) is -1.01. The molecule has 28 heavy (non-hydrogen) atoms. The number of carboxylic acids is 1. The van der Waals surface area contributed by atoms with Gasteiger partial charge in [-0.2, -0.15) is 8.42 Å². The van der Waals surface area contributed by atoms with Gasteiger partial charge in [-0.15, -0.1) is 0 Å². The molecule has 0 aromatic heterocycles. The number of hydrogen-bond acceptors (Lipinski definition) is 7. The maximum atomic E-state index is 12.5. The molecule has 0 bridgehead atoms. The van der Waals surface area contributed by atoms with Gasteiger partial charge in [0.15, 0.2) is 11.0 Å². The van der Waals surface area contributed by atoms with E-state index in [4.69, 9.17) is 5.11 Å². The topological polar surface area (TPSA) is 175 Å². The zero-order chi connectivity index (χ0) is 21.8. The lowest BCUT2D eigenvalue weighted by molar-refractivity contribution is -0.142. The molecular formula is C16H22N2O9S. The summed E-state index contributed by atoms with van der Waals surface area (Å²) < 4.78 is 32.7. The molecule has 12 heteroatoms. The fourth-order valence-corrected chi connectivity index (χ4v) is 3.27. The number of hydrogen-bond donors (Lipinski definition) is 3. The highest BCUT2D eigenvalue weighted by atomic mass is 32.2. The third-order valence-electron chi connectivity index (χ3n) is 4.26. The Hall–Kier alpha value is -2.60. The zero-order valence-corrected chi connectivity index (χ0v) is 16.3. The number of imide groups is 1. The highest BCUT2D eigenvalue weighted by Gasteiger charge is 2.39. The molecule has 11 nitrogen and oxygen atoms in total. The van der Waals surface area contributed by atoms with Crippen LogP contribution in [0.4, 0.5) is 0 Å². The van der Waals surface area contributed by atoms with E-state index in [2.05, 4.69) is 5.32 Å². The Morgan fingerprint density at radius 1 is 1.11 bits per heavy atom. The molecule has 156 valence electrons. The summed E-state index contributed by atoms with van der Waals surface area (Å²) >= 11 is 0. The van der Waals surface area contributed by atoms with Crippen molar-refractivity contribution in [3.05, 3.63) is 12.2 Å². The van der Waals surface area contributed by atoms with Crippen molar-refractivity contribution < 1.29 is 42.0 Å². The highest BCUT2D eigenvalue weighted by molar-refractivity contribution is 7.87. The maximum Gasteiger partial charge on any atom is 0.325 e. The summed E-state index contributed by atoms with van der Waals surface area (Å²) in [5.41, 5.74) is 0. The SMILES string of the molecule is CC(C)[C@H](CC(=O)C(CN1C(=O)C=CC1=O)S(=O)(=O)O)C(=O)N[C@@H](C)C(=O)O. The van der Waals surface area contributed by atoms with Gasteiger partial charge >= 0.3 is 5.97 Å². The van der Waals surface area contributed by atoms with Crippen molar-refractivity contribution in [1.29, 1.82) is 0 Å². The van der Waals surface area contributed by atoms with Crippen molar-refractivity contribution in [3.63, 3.8) is 0 Å². The predicted molar refractivity (Wildman–Crippen MR) is 94.4 cm³/mol. The molecule has 3 N–H and O–H groups in total. The first-order valence-corrected chi connectivity index (χ1v) is 9.81. The average molecular weight is 418 g/mol. The van der Waals surface area contributed by atoms with E-state index in [-0.39, 0.29) is 0 Å². The van der Waals surface area contributed by atoms with Crippen LogP contribution in [0.5, 0.6) is 0 Å². The molecule has 1 aliphatic rings. The fraction of sp³-hybridized carbons (Fsp3) is 0.562. The zero-order valence-electron chi connectivity index (χ0n) is 15.5. The van der Waals surface area contributed by atoms with Crippen LogP contribution in [0.1, 0.15) is 27.2 Å². The van der Waals surface area contributed by atoms with Crippen molar-refractivity contribution in [3.8, 4) is 0 Å². The molecule has 1 rings (SSSR count). The lowest BCUT2D eigenvalue weighted by atomic mass is 9.88. The van der Waals surface area contributed by atoms with Crippen molar-refractivity contribution in [1.82, 2.24) is 10.2 Å². The van der Waals surface area contributed by atoms with Crippen LogP contribution in [0.25, 0.3) is 0 Å². The van der Waals surface area contributed by atoms with Crippen LogP contribution in [-0.4, -0.2) is 70.3 Å². The summed E-state index contributed by atoms with van der Waals surface area (Å²) in [6, 6.07) is -1.23. The normalized spacial score (nSPS) is 17.5. The minimum absolute atomic E-state index is 0.469. The van der Waals surface area contributed by atoms with Gasteiger partial charge in [-0.25, -0.2) is 0 Å². The first-order chi connectivity index (χ1) is 12.8. The summed E-state index contributed by atoms with van der Waals surface area (Å²) in [5.74, 6) is -6.36. The summed E-state index contributed by atoms with van der Waals surface area (Å²) in [6.45, 7) is 3.48. The van der Waals surface area contributed by atoms with Gasteiger partial charge in [-0.05, 0) is 12.8 Å². The van der Waals surface area contributed by atoms with Gasteiger partial charge in [0.1, 0.15) is 6.04 Å². The van der Waals surface area contributed by atoms with Crippen molar-refractivity contribution in [2.75, 3.05) is 6.54 Å². The highest BCUT2D eigenvalue weighted by Crippen LogP contribution is 2.20. The van der Waals surface area contributed by atoms with Crippen LogP contribution in [0.15, 0.2) is 12.2 Å². The molecule has 1 aliphatic heterocycles. The summed E-state index contributed by atoms with van der Waals surface area (Å²) in [6.07, 6.45) is 1.15. The number of rotatable bonds is 10. The van der Waals surface area contributed by atoms with Gasteiger partial charge < -0.3 is 10.4 Å². The molecule has 0 aromatic rings. The summed E-state index contributed by atoms with van der Waals surface area (Å²) in [7, 11) is -4.98. The fourth-order valence-electron chi connectivity index (χ4n) is 2.50. The number of carbonyl (C=O) groups is 5. The molecule has 1 heterocycles. The average Bonchev–Trinajstić information content (AvgIpc) is 2.86. The lowest BCUT2D eigenvalue weighted by Crippen LogP contribution is -2.47. The summed E-state index contributed by atoms with van der Waals surface area (Å²) in [5, 5.41) is 8.95. The smallest absolute Gasteiger partial charge is 0.325 e. The van der Waals surface area contributed by atoms with E-state index in [0.717, 1.165) is 12.2 Å². The Bertz CT molecular complexity index is 798. The molecule has 1 unspecified atom stereocenters. The van der Waals surface area contributed by atoms with Gasteiger partial charge in [0.25, 0.3) is 21.9 Å². The molecular weight excluding hydrogens is 396 g/mol. The third-order valence-corrected chi connectivity index (χ3v) is 5.39. The number of amides is 3. The number of Topliss-reactive ketones (excluding diaryl/α,β-unsaturated/α-hetero) is 1. The molecule has 0 saturated heterocycles. The first-order valence-electron chi connectivity index (χ1n) is 8.31. The molecule has 0 saturated carbocycles. The second kappa shape index (κ2) is 9.06. The Labute approximate surface area is 161 Å². The second-order valence-electron chi connectivity index (χ2n) is 6.71. The number of nitrogens with zero attached hydrogens (tertiary/aromatic N) is 1. The standard InChI is InChI=1S/C16H22N2O9S/c1-8(2)10(15(22)17-9(3)16(23)24)6-11(19)12(28(25,26)27)7-18-13(20)4-5-14(18)21/h4-5,8-10,12H,6-7H2,1-3H3,(H,17,22)(H,23,24)(H,25,26,27)/t9-,10-,12?/m0/s1. The Kier molecular flexibility index (Phi) is 7.58. The first kappa shape index (κ1) is 23.4. The minimum Gasteiger partial charge on any atom is -0.480 e. The number of carboxylic acid groups (broad SMARTS) is 1. The number of nitrogens with one attached hydrogen (secondary N) is 1. The Morgan fingerprint density at radius 3 is 2.00 bits per heavy atom. The van der Waals surface area contributed by atoms with Crippen LogP contribution in [-0.2, 0) is 34.1 Å². The van der Waals surface area contributed by atoms with E-state index in [1.54, 1.807) is 13.8 Å². The lowest BCUT2D eigenvalue weighted by Gasteiger charge is -2.24. The van der Waals surface area contributed by atoms with Crippen molar-refractivity contribution in [2.45, 2.75) is 38.5 Å². The molecule has 0 spiro atoms. The largest absolute Gasteiger partial charge is 0.480 e. The van der Waals surface area contributed by atoms with Gasteiger partial charge in [0, 0.05) is 24.5 Å². The van der Waals surface area contributed by atoms with E-state index < -0.39 is 75.7 Å². The molecule has 0 aliphatic carbocycles. The van der Waals surface area contributed by atoms with Crippen LogP contribution >= 0.6 is 0 Å². The maximum absolute atomic E-state index is 12.5. The van der Waals surface area contributed by atoms with Gasteiger partial charge in [-0.3, -0.25) is 33.4 Å². The molecule has 0 radical (unpaired) electrons. The van der Waals surface area contributed by atoms with E-state index in [1.807, 2.05) is 0 Å². The van der Waals surface area contributed by atoms with Crippen molar-refractivity contribution >= 4 is 39.6 Å². The van der Waals surface area contributed by atoms with Crippen LogP contribution in [0.3, 0.4) is 0 Å². The molecule has 3 atom stereocenters. The second-order valence-corrected chi connectivity index (χ2v) is 8.31. The quantitative estimate of drug-likeness (QED) is 0.296. The van der Waals surface area contributed by atoms with E-state index in [9.17, 15) is 36.9 Å². The number of carbonyl (C=O) groups excluding carboxylic acids is 4. The number of ketones is 1. The van der Waals surface area contributed by atoms with Crippen LogP contribution < -0.4 is 5.32 Å². The molecule has 3 amide bonds. The van der Waals surface area contributed by atoms with E-state index >= 15 is 0 Å². The van der Waals surface area contributed by atoms with Gasteiger partial charge in [0.2, 0.25) is 5.91 Å². The Balaban J connectivity index is 3.01. The van der Waals surface area contributed by atoms with Crippen molar-refractivity contribution in [2.24, 2.45) is 11.8 Å². The van der Waals surface area contributed by atoms with Gasteiger partial charge in [0.05, 0.1) is 6.54 Å². The monoisotopic (exact) mass is 418 g/mol. The van der Waals surface area contributed by atoms with E-state index in [0.29, 0.717) is 4.90 Å². The van der Waals surface area contributed by atoms with E-state index in [1.165, 1.54) is 6.92 Å². The third kappa shape index (κ3) is 5.96. The number of aliphatic carboxylic acids is 1. The molecule has 0 aromatic carbocycles. The minimum atomic E-state index is -4.98. The van der Waals surface area contributed by atoms with Gasteiger partial charge in [-0.1, -0.05) is 13.8 Å². The van der Waals surface area contributed by atoms with Crippen LogP contribution in [0, 0.1) is 11.8 Å². The van der Waals surface area contributed by atoms with Crippen LogP contribution in [0.2, 0.25) is 0 Å².